The molecule has 4 heteroatoms. The maximum Gasteiger partial charge on any atom is 0.412 e. The van der Waals surface area contributed by atoms with Gasteiger partial charge in [-0.15, -0.1) is 0 Å². The van der Waals surface area contributed by atoms with Crippen molar-refractivity contribution in [2.24, 2.45) is 47.3 Å². The van der Waals surface area contributed by atoms with E-state index in [-0.39, 0.29) is 6.08 Å². The maximum absolute atomic E-state index is 13.9. The average Bonchev–Trinajstić information content (AvgIpc) is 2.79. The highest BCUT2D eigenvalue weighted by molar-refractivity contribution is 5.03. The van der Waals surface area contributed by atoms with Crippen LogP contribution in [-0.4, -0.2) is 6.18 Å². The lowest BCUT2D eigenvalue weighted by atomic mass is 9.63. The normalized spacial score (nSPS) is 42.6. The Bertz CT molecular complexity index is 591. The first-order valence-corrected chi connectivity index (χ1v) is 13.7. The summed E-state index contributed by atoms with van der Waals surface area (Å²) in [6, 6.07) is 0. The average molecular weight is 457 g/mol. The van der Waals surface area contributed by atoms with Gasteiger partial charge in [0.15, 0.2) is 0 Å². The second-order valence-corrected chi connectivity index (χ2v) is 12.1. The van der Waals surface area contributed by atoms with Crippen molar-refractivity contribution in [3.05, 3.63) is 11.9 Å². The summed E-state index contributed by atoms with van der Waals surface area (Å²) in [4.78, 5) is 0. The first-order chi connectivity index (χ1) is 15.3. The van der Waals surface area contributed by atoms with E-state index in [1.807, 2.05) is 0 Å². The van der Waals surface area contributed by atoms with Crippen molar-refractivity contribution in [3.8, 4) is 0 Å². The number of rotatable bonds is 4. The van der Waals surface area contributed by atoms with Crippen molar-refractivity contribution in [3.63, 3.8) is 0 Å². The van der Waals surface area contributed by atoms with E-state index < -0.39 is 17.9 Å². The molecule has 4 aliphatic carbocycles. The second-order valence-electron chi connectivity index (χ2n) is 12.1. The molecule has 0 heterocycles. The smallest absolute Gasteiger partial charge is 0.212 e. The molecule has 0 nitrogen and oxygen atoms in total. The molecule has 0 bridgehead atoms. The second kappa shape index (κ2) is 10.8. The Balaban J connectivity index is 1.16. The lowest BCUT2D eigenvalue weighted by Crippen LogP contribution is -2.31. The molecule has 4 aliphatic rings. The van der Waals surface area contributed by atoms with Gasteiger partial charge in [0.2, 0.25) is 0 Å². The Labute approximate surface area is 193 Å². The number of allylic oxidation sites excluding steroid dienone is 2. The molecule has 0 N–H and O–H groups in total. The first kappa shape index (κ1) is 24.6. The van der Waals surface area contributed by atoms with E-state index in [2.05, 4.69) is 6.92 Å². The lowest BCUT2D eigenvalue weighted by Gasteiger charge is -2.43. The number of halogens is 4. The third-order valence-electron chi connectivity index (χ3n) is 10.2. The van der Waals surface area contributed by atoms with Gasteiger partial charge in [0.25, 0.3) is 0 Å². The van der Waals surface area contributed by atoms with Crippen LogP contribution in [0.25, 0.3) is 0 Å². The largest absolute Gasteiger partial charge is 0.412 e. The number of hydrogen-bond donors (Lipinski definition) is 0. The van der Waals surface area contributed by atoms with Gasteiger partial charge in [0.1, 0.15) is 5.83 Å². The quantitative estimate of drug-likeness (QED) is 0.369. The van der Waals surface area contributed by atoms with Gasteiger partial charge in [-0.1, -0.05) is 19.8 Å². The molecule has 0 radical (unpaired) electrons. The van der Waals surface area contributed by atoms with E-state index in [0.29, 0.717) is 18.8 Å². The molecule has 0 saturated heterocycles. The highest BCUT2D eigenvalue weighted by Crippen LogP contribution is 2.48. The van der Waals surface area contributed by atoms with E-state index in [1.54, 1.807) is 0 Å². The molecule has 4 rings (SSSR count). The minimum absolute atomic E-state index is 0.118. The molecule has 4 fully saturated rings. The van der Waals surface area contributed by atoms with Gasteiger partial charge in [0, 0.05) is 5.92 Å². The van der Waals surface area contributed by atoms with E-state index in [4.69, 9.17) is 0 Å². The van der Waals surface area contributed by atoms with Crippen molar-refractivity contribution in [2.45, 2.75) is 116 Å². The van der Waals surface area contributed by atoms with E-state index >= 15 is 0 Å². The minimum atomic E-state index is -4.53. The summed E-state index contributed by atoms with van der Waals surface area (Å²) in [6.07, 6.45) is 15.3. The summed E-state index contributed by atoms with van der Waals surface area (Å²) in [6.45, 7) is 2.42. The Morgan fingerprint density at radius 1 is 0.531 bits per heavy atom. The van der Waals surface area contributed by atoms with Gasteiger partial charge in [-0.05, 0) is 131 Å². The predicted molar refractivity (Wildman–Crippen MR) is 123 cm³/mol. The van der Waals surface area contributed by atoms with Crippen molar-refractivity contribution < 1.29 is 17.6 Å². The van der Waals surface area contributed by atoms with Crippen LogP contribution in [0.3, 0.4) is 0 Å². The highest BCUT2D eigenvalue weighted by Gasteiger charge is 2.37. The van der Waals surface area contributed by atoms with Crippen molar-refractivity contribution in [1.82, 2.24) is 0 Å². The molecule has 0 aliphatic heterocycles. The van der Waals surface area contributed by atoms with Gasteiger partial charge < -0.3 is 0 Å². The Kier molecular flexibility index (Phi) is 8.30. The molecule has 4 saturated carbocycles. The zero-order valence-corrected chi connectivity index (χ0v) is 20.0. The lowest BCUT2D eigenvalue weighted by molar-refractivity contribution is -0.0821. The van der Waals surface area contributed by atoms with Crippen LogP contribution in [0.5, 0.6) is 0 Å². The molecular weight excluding hydrogens is 412 g/mol. The van der Waals surface area contributed by atoms with Gasteiger partial charge in [-0.3, -0.25) is 0 Å². The summed E-state index contributed by atoms with van der Waals surface area (Å²) in [5.74, 6) is 4.67. The fourth-order valence-electron chi connectivity index (χ4n) is 8.07. The van der Waals surface area contributed by atoms with Crippen LogP contribution in [0.2, 0.25) is 0 Å². The van der Waals surface area contributed by atoms with E-state index in [1.165, 1.54) is 77.0 Å². The Morgan fingerprint density at radius 3 is 1.12 bits per heavy atom. The topological polar surface area (TPSA) is 0 Å². The fraction of sp³-hybridized carbons (Fsp3) is 0.929. The van der Waals surface area contributed by atoms with E-state index in [9.17, 15) is 17.6 Å². The zero-order valence-electron chi connectivity index (χ0n) is 20.0. The Morgan fingerprint density at radius 2 is 0.812 bits per heavy atom. The van der Waals surface area contributed by atoms with Crippen molar-refractivity contribution in [1.29, 1.82) is 0 Å². The molecule has 0 aromatic carbocycles. The van der Waals surface area contributed by atoms with Crippen LogP contribution in [0, 0.1) is 47.3 Å². The monoisotopic (exact) mass is 456 g/mol. The molecular formula is C28H44F4. The maximum atomic E-state index is 13.9. The summed E-state index contributed by atoms with van der Waals surface area (Å²) < 4.78 is 51.2. The van der Waals surface area contributed by atoms with Crippen LogP contribution in [0.15, 0.2) is 11.9 Å². The van der Waals surface area contributed by atoms with Crippen LogP contribution in [-0.2, 0) is 0 Å². The summed E-state index contributed by atoms with van der Waals surface area (Å²) in [5, 5.41) is 0. The third-order valence-corrected chi connectivity index (χ3v) is 10.2. The van der Waals surface area contributed by atoms with Gasteiger partial charge >= 0.3 is 6.18 Å². The highest BCUT2D eigenvalue weighted by atomic mass is 19.4. The predicted octanol–water partition coefficient (Wildman–Crippen LogP) is 9.65. The van der Waals surface area contributed by atoms with Crippen molar-refractivity contribution in [2.75, 3.05) is 0 Å². The van der Waals surface area contributed by atoms with Gasteiger partial charge in [0.05, 0.1) is 6.08 Å². The molecule has 0 spiro atoms. The van der Waals surface area contributed by atoms with Gasteiger partial charge in [-0.2, -0.15) is 13.2 Å². The fourth-order valence-corrected chi connectivity index (χ4v) is 8.07. The number of alkyl halides is 3. The van der Waals surface area contributed by atoms with Crippen LogP contribution in [0.1, 0.15) is 110 Å². The molecule has 32 heavy (non-hydrogen) atoms. The van der Waals surface area contributed by atoms with Crippen molar-refractivity contribution >= 4 is 0 Å². The van der Waals surface area contributed by atoms with Crippen LogP contribution in [0.4, 0.5) is 17.6 Å². The zero-order chi connectivity index (χ0) is 22.7. The molecule has 0 aromatic heterocycles. The molecule has 184 valence electrons. The minimum Gasteiger partial charge on any atom is -0.212 e. The van der Waals surface area contributed by atoms with Gasteiger partial charge in [-0.25, -0.2) is 4.39 Å². The van der Waals surface area contributed by atoms with Crippen LogP contribution >= 0.6 is 0 Å². The standard InChI is InChI=1S/C28H44F4/c1-19-2-4-20(5-3-19)21-6-8-22(9-7-21)23-10-12-24(13-11-23)25-14-16-26(17-15-25)27(29)18-28(30,31)32/h18-26H,2-17H2,1H3/b27-18-. The molecule has 0 atom stereocenters. The summed E-state index contributed by atoms with van der Waals surface area (Å²) in [5.41, 5.74) is 0. The SMILES string of the molecule is CC1CCC(C2CCC(C3CCC(C4CCC(/C(F)=C/C(F)(F)F)CC4)CC3)CC2)CC1. The molecule has 0 unspecified atom stereocenters. The Hall–Kier alpha value is -0.540. The summed E-state index contributed by atoms with van der Waals surface area (Å²) >= 11 is 0. The molecule has 0 aromatic rings. The summed E-state index contributed by atoms with van der Waals surface area (Å²) in [7, 11) is 0. The molecule has 0 amide bonds. The van der Waals surface area contributed by atoms with Crippen LogP contribution < -0.4 is 0 Å². The first-order valence-electron chi connectivity index (χ1n) is 13.7. The van der Waals surface area contributed by atoms with E-state index in [0.717, 1.165) is 48.3 Å². The third kappa shape index (κ3) is 6.53. The number of hydrogen-bond acceptors (Lipinski definition) is 0.